The number of allylic oxidation sites excluding steroid dienone is 1. The van der Waals surface area contributed by atoms with Crippen LogP contribution in [0.15, 0.2) is 58.1 Å². The Balaban J connectivity index is 1.84. The summed E-state index contributed by atoms with van der Waals surface area (Å²) in [5.41, 5.74) is 3.18. The fourth-order valence-corrected chi connectivity index (χ4v) is 2.50. The molecule has 0 aliphatic carbocycles. The molecule has 0 aliphatic rings. The number of amides is 2. The number of furan rings is 1. The number of carbonyl (C=O) groups is 2. The lowest BCUT2D eigenvalue weighted by Crippen LogP contribution is -2.46. The number of hydrogen-bond donors (Lipinski definition) is 2. The van der Waals surface area contributed by atoms with Gasteiger partial charge in [-0.25, -0.2) is 10.2 Å². The van der Waals surface area contributed by atoms with Crippen molar-refractivity contribution in [2.75, 3.05) is 0 Å². The highest BCUT2D eigenvalue weighted by Crippen LogP contribution is 2.16. The van der Waals surface area contributed by atoms with Crippen LogP contribution in [-0.4, -0.2) is 29.2 Å². The number of nitro groups is 1. The minimum Gasteiger partial charge on any atom is -0.445 e. The summed E-state index contributed by atoms with van der Waals surface area (Å²) >= 11 is 0. The first-order chi connectivity index (χ1) is 14.8. The molecule has 0 spiro atoms. The van der Waals surface area contributed by atoms with Gasteiger partial charge in [-0.15, -0.1) is 0 Å². The molecule has 2 amide bonds. The first-order valence-electron chi connectivity index (χ1n) is 9.56. The van der Waals surface area contributed by atoms with Gasteiger partial charge in [0.1, 0.15) is 23.3 Å². The van der Waals surface area contributed by atoms with Crippen LogP contribution in [-0.2, 0) is 16.1 Å². The van der Waals surface area contributed by atoms with Gasteiger partial charge >= 0.3 is 12.0 Å². The quantitative estimate of drug-likeness (QED) is 0.337. The predicted octanol–water partition coefficient (Wildman–Crippen LogP) is 3.64. The fraction of sp³-hybridized carbons (Fsp3) is 0.286. The zero-order valence-corrected chi connectivity index (χ0v) is 17.2. The lowest BCUT2D eigenvalue weighted by atomic mass is 10.0. The smallest absolute Gasteiger partial charge is 0.433 e. The van der Waals surface area contributed by atoms with Crippen molar-refractivity contribution in [1.29, 1.82) is 0 Å². The van der Waals surface area contributed by atoms with Crippen molar-refractivity contribution in [2.45, 2.75) is 32.9 Å². The molecule has 0 saturated carbocycles. The molecule has 0 unspecified atom stereocenters. The van der Waals surface area contributed by atoms with E-state index in [1.807, 2.05) is 44.2 Å². The minimum absolute atomic E-state index is 0.0938. The van der Waals surface area contributed by atoms with E-state index in [1.165, 1.54) is 30.5 Å². The predicted molar refractivity (Wildman–Crippen MR) is 114 cm³/mol. The van der Waals surface area contributed by atoms with E-state index in [9.17, 15) is 19.7 Å². The Labute approximate surface area is 179 Å². The average Bonchev–Trinajstić information content (AvgIpc) is 3.21. The van der Waals surface area contributed by atoms with Crippen LogP contribution < -0.4 is 10.7 Å². The highest BCUT2D eigenvalue weighted by molar-refractivity contribution is 5.86. The van der Waals surface area contributed by atoms with Crippen molar-refractivity contribution in [3.8, 4) is 0 Å². The molecule has 1 heterocycles. The number of rotatable bonds is 10. The molecule has 0 saturated heterocycles. The van der Waals surface area contributed by atoms with Gasteiger partial charge in [0.2, 0.25) is 0 Å². The van der Waals surface area contributed by atoms with Crippen molar-refractivity contribution < 1.29 is 23.7 Å². The van der Waals surface area contributed by atoms with Gasteiger partial charge in [0.15, 0.2) is 0 Å². The van der Waals surface area contributed by atoms with Crippen LogP contribution in [0.2, 0.25) is 0 Å². The third kappa shape index (κ3) is 8.52. The van der Waals surface area contributed by atoms with Crippen LogP contribution in [0.1, 0.15) is 31.6 Å². The van der Waals surface area contributed by atoms with E-state index in [1.54, 1.807) is 0 Å². The van der Waals surface area contributed by atoms with E-state index >= 15 is 0 Å². The first kappa shape index (κ1) is 23.3. The second-order valence-electron chi connectivity index (χ2n) is 6.93. The number of hydrogen-bond acceptors (Lipinski definition) is 7. The third-order valence-electron chi connectivity index (χ3n) is 3.92. The number of nitrogens with zero attached hydrogens (tertiary/aromatic N) is 2. The summed E-state index contributed by atoms with van der Waals surface area (Å²) in [6, 6.07) is 11.0. The Kier molecular flexibility index (Phi) is 8.96. The summed E-state index contributed by atoms with van der Waals surface area (Å²) < 4.78 is 10.1. The fourth-order valence-electron chi connectivity index (χ4n) is 2.50. The molecule has 0 radical (unpaired) electrons. The van der Waals surface area contributed by atoms with Crippen molar-refractivity contribution in [3.63, 3.8) is 0 Å². The largest absolute Gasteiger partial charge is 0.445 e. The maximum absolute atomic E-state index is 12.4. The van der Waals surface area contributed by atoms with Crippen LogP contribution in [0.4, 0.5) is 10.7 Å². The third-order valence-corrected chi connectivity index (χ3v) is 3.92. The van der Waals surface area contributed by atoms with Gasteiger partial charge in [-0.1, -0.05) is 44.2 Å². The monoisotopic (exact) mass is 428 g/mol. The number of ether oxygens (including phenoxy) is 1. The number of nitrogens with one attached hydrogen (secondary N) is 2. The number of alkyl carbamates (subject to hydrolysis) is 1. The van der Waals surface area contributed by atoms with Crippen LogP contribution in [0.25, 0.3) is 6.08 Å². The van der Waals surface area contributed by atoms with Crippen LogP contribution in [0, 0.1) is 16.0 Å². The van der Waals surface area contributed by atoms with Crippen LogP contribution in [0.3, 0.4) is 0 Å². The lowest BCUT2D eigenvalue weighted by molar-refractivity contribution is -0.402. The molecule has 2 rings (SSSR count). The molecule has 1 aromatic carbocycles. The molecule has 10 nitrogen and oxygen atoms in total. The number of carbonyl (C=O) groups excluding carboxylic acids is 2. The van der Waals surface area contributed by atoms with Gasteiger partial charge in [-0.3, -0.25) is 14.9 Å². The highest BCUT2D eigenvalue weighted by Gasteiger charge is 2.22. The Hall–Kier alpha value is -3.95. The van der Waals surface area contributed by atoms with Gasteiger partial charge in [0.25, 0.3) is 5.91 Å². The van der Waals surface area contributed by atoms with Crippen LogP contribution in [0.5, 0.6) is 0 Å². The topological polar surface area (TPSA) is 136 Å². The minimum atomic E-state index is -0.822. The summed E-state index contributed by atoms with van der Waals surface area (Å²) in [7, 11) is 0. The van der Waals surface area contributed by atoms with E-state index in [0.29, 0.717) is 6.42 Å². The molecule has 1 aromatic heterocycles. The van der Waals surface area contributed by atoms with E-state index < -0.39 is 23.0 Å². The van der Waals surface area contributed by atoms with E-state index in [2.05, 4.69) is 15.8 Å². The molecule has 0 fully saturated rings. The normalized spacial score (nSPS) is 12.2. The number of hydrazone groups is 1. The maximum atomic E-state index is 12.4. The first-order valence-corrected chi connectivity index (χ1v) is 9.56. The summed E-state index contributed by atoms with van der Waals surface area (Å²) in [6.45, 7) is 3.94. The summed E-state index contributed by atoms with van der Waals surface area (Å²) in [5, 5.41) is 16.9. The van der Waals surface area contributed by atoms with Gasteiger partial charge in [-0.2, -0.15) is 5.10 Å². The van der Waals surface area contributed by atoms with Gasteiger partial charge in [-0.05, 0) is 36.1 Å². The second kappa shape index (κ2) is 11.9. The van der Waals surface area contributed by atoms with Gasteiger partial charge in [0, 0.05) is 6.21 Å². The number of benzene rings is 1. The Morgan fingerprint density at radius 1 is 1.23 bits per heavy atom. The maximum Gasteiger partial charge on any atom is 0.433 e. The summed E-state index contributed by atoms with van der Waals surface area (Å²) in [6.07, 6.45) is 3.88. The Bertz CT molecular complexity index is 936. The van der Waals surface area contributed by atoms with E-state index in [-0.39, 0.29) is 24.2 Å². The Morgan fingerprint density at radius 2 is 1.97 bits per heavy atom. The second-order valence-corrected chi connectivity index (χ2v) is 6.93. The van der Waals surface area contributed by atoms with Gasteiger partial charge < -0.3 is 14.5 Å². The Morgan fingerprint density at radius 3 is 2.61 bits per heavy atom. The summed E-state index contributed by atoms with van der Waals surface area (Å²) in [5.74, 6) is -0.455. The molecule has 1 atom stereocenters. The summed E-state index contributed by atoms with van der Waals surface area (Å²) in [4.78, 5) is 34.4. The molecular weight excluding hydrogens is 404 g/mol. The van der Waals surface area contributed by atoms with Crippen molar-refractivity contribution in [1.82, 2.24) is 10.7 Å². The zero-order valence-electron chi connectivity index (χ0n) is 17.2. The SMILES string of the molecule is CC(C)C[C@H](NC(=O)OCc1ccccc1)C(=O)N/N=C/C=C/c1ccc([N+](=O)[O-])o1. The van der Waals surface area contributed by atoms with Gasteiger partial charge in [0.05, 0.1) is 6.07 Å². The molecule has 2 aromatic rings. The van der Waals surface area contributed by atoms with Crippen molar-refractivity contribution in [3.05, 3.63) is 70.0 Å². The highest BCUT2D eigenvalue weighted by atomic mass is 16.6. The lowest BCUT2D eigenvalue weighted by Gasteiger charge is -2.18. The average molecular weight is 428 g/mol. The van der Waals surface area contributed by atoms with Crippen molar-refractivity contribution in [2.24, 2.45) is 11.0 Å². The zero-order chi connectivity index (χ0) is 22.6. The van der Waals surface area contributed by atoms with Crippen LogP contribution >= 0.6 is 0 Å². The molecule has 2 N–H and O–H groups in total. The van der Waals surface area contributed by atoms with E-state index in [4.69, 9.17) is 9.15 Å². The molecule has 10 heteroatoms. The molecule has 164 valence electrons. The molecule has 0 aliphatic heterocycles. The standard InChI is InChI=1S/C21H24N4O6/c1-15(2)13-18(23-21(27)30-14-16-7-4-3-5-8-16)20(26)24-22-12-6-9-17-10-11-19(31-17)25(28)29/h3-12,15,18H,13-14H2,1-2H3,(H,23,27)(H,24,26)/b9-6+,22-12+/t18-/m0/s1. The van der Waals surface area contributed by atoms with E-state index in [0.717, 1.165) is 5.56 Å². The van der Waals surface area contributed by atoms with Crippen molar-refractivity contribution >= 4 is 30.2 Å². The molecule has 0 bridgehead atoms. The molecular formula is C21H24N4O6. The molecule has 31 heavy (non-hydrogen) atoms.